The average molecular weight is 310 g/mol. The van der Waals surface area contributed by atoms with E-state index < -0.39 is 21.5 Å². The van der Waals surface area contributed by atoms with Crippen LogP contribution >= 0.6 is 11.6 Å². The molecule has 2 rings (SSSR count). The molecule has 0 saturated carbocycles. The quantitative estimate of drug-likeness (QED) is 0.280. The van der Waals surface area contributed by atoms with Crippen LogP contribution in [0.1, 0.15) is 22.8 Å². The molecule has 1 heterocycles. The Morgan fingerprint density at radius 3 is 2.52 bits per heavy atom. The number of nitro groups is 1. The van der Waals surface area contributed by atoms with Gasteiger partial charge in [-0.3, -0.25) is 19.7 Å². The summed E-state index contributed by atoms with van der Waals surface area (Å²) in [6, 6.07) is 4.08. The predicted octanol–water partition coefficient (Wildman–Crippen LogP) is 1.91. The summed E-state index contributed by atoms with van der Waals surface area (Å²) in [4.78, 5) is 33.1. The SMILES string of the molecule is CC1=NN(C)C(=O)C1(Cl)C(=O)c1cc(C)ccc1[N+](=O)[O-]. The molecule has 0 radical (unpaired) electrons. The first-order valence-corrected chi connectivity index (χ1v) is 6.40. The predicted molar refractivity (Wildman–Crippen MR) is 76.6 cm³/mol. The summed E-state index contributed by atoms with van der Waals surface area (Å²) in [5.41, 5.74) is 0.157. The van der Waals surface area contributed by atoms with Crippen molar-refractivity contribution in [3.05, 3.63) is 39.4 Å². The molecule has 1 amide bonds. The van der Waals surface area contributed by atoms with Crippen molar-refractivity contribution in [3.63, 3.8) is 0 Å². The lowest BCUT2D eigenvalue weighted by Gasteiger charge is -2.18. The second kappa shape index (κ2) is 4.92. The first-order valence-electron chi connectivity index (χ1n) is 6.02. The summed E-state index contributed by atoms with van der Waals surface area (Å²) in [6.07, 6.45) is 0. The van der Waals surface area contributed by atoms with E-state index in [4.69, 9.17) is 11.6 Å². The summed E-state index contributed by atoms with van der Waals surface area (Å²) in [5, 5.41) is 15.9. The molecule has 7 nitrogen and oxygen atoms in total. The number of nitrogens with zero attached hydrogens (tertiary/aromatic N) is 3. The highest BCUT2D eigenvalue weighted by Gasteiger charge is 2.54. The van der Waals surface area contributed by atoms with E-state index in [9.17, 15) is 19.7 Å². The number of hydrogen-bond donors (Lipinski definition) is 0. The third kappa shape index (κ3) is 2.19. The molecule has 1 atom stereocenters. The fourth-order valence-electron chi connectivity index (χ4n) is 2.15. The summed E-state index contributed by atoms with van der Waals surface area (Å²) >= 11 is 6.19. The van der Waals surface area contributed by atoms with Gasteiger partial charge in [0.2, 0.25) is 10.7 Å². The van der Waals surface area contributed by atoms with E-state index >= 15 is 0 Å². The van der Waals surface area contributed by atoms with Gasteiger partial charge < -0.3 is 0 Å². The second-order valence-electron chi connectivity index (χ2n) is 4.78. The molecule has 0 N–H and O–H groups in total. The van der Waals surface area contributed by atoms with Gasteiger partial charge in [0.1, 0.15) is 0 Å². The molecule has 8 heteroatoms. The van der Waals surface area contributed by atoms with Crippen molar-refractivity contribution < 1.29 is 14.5 Å². The maximum absolute atomic E-state index is 12.6. The molecule has 0 aromatic heterocycles. The number of Topliss-reactive ketones (excluding diaryl/α,β-unsaturated/α-hetero) is 1. The molecule has 1 aromatic rings. The number of amides is 1. The minimum absolute atomic E-state index is 0.0949. The molecular formula is C13H12ClN3O4. The Balaban J connectivity index is 2.61. The molecular weight excluding hydrogens is 298 g/mol. The van der Waals surface area contributed by atoms with Crippen LogP contribution in [0.5, 0.6) is 0 Å². The molecule has 110 valence electrons. The smallest absolute Gasteiger partial charge is 0.280 e. The Labute approximate surface area is 125 Å². The van der Waals surface area contributed by atoms with Crippen molar-refractivity contribution in [1.82, 2.24) is 5.01 Å². The molecule has 1 aliphatic rings. The number of aryl methyl sites for hydroxylation is 1. The molecule has 1 unspecified atom stereocenters. The van der Waals surface area contributed by atoms with Crippen LogP contribution in [0, 0.1) is 17.0 Å². The summed E-state index contributed by atoms with van der Waals surface area (Å²) in [5.74, 6) is -1.56. The van der Waals surface area contributed by atoms with Gasteiger partial charge in [-0.1, -0.05) is 17.7 Å². The standard InChI is InChI=1S/C13H12ClN3O4/c1-7-4-5-10(17(20)21)9(6-7)11(18)13(14)8(2)15-16(3)12(13)19/h4-6H,1-3H3. The van der Waals surface area contributed by atoms with Gasteiger partial charge in [0.05, 0.1) is 16.2 Å². The Bertz CT molecular complexity index is 701. The first kappa shape index (κ1) is 15.1. The number of hydrogen-bond acceptors (Lipinski definition) is 5. The van der Waals surface area contributed by atoms with Crippen molar-refractivity contribution in [2.45, 2.75) is 18.7 Å². The lowest BCUT2D eigenvalue weighted by molar-refractivity contribution is -0.385. The Hall–Kier alpha value is -2.28. The maximum Gasteiger partial charge on any atom is 0.280 e. The van der Waals surface area contributed by atoms with Crippen molar-refractivity contribution in [1.29, 1.82) is 0 Å². The highest BCUT2D eigenvalue weighted by atomic mass is 35.5. The van der Waals surface area contributed by atoms with Crippen LogP contribution in [0.15, 0.2) is 23.3 Å². The van der Waals surface area contributed by atoms with Crippen LogP contribution < -0.4 is 0 Å². The van der Waals surface area contributed by atoms with E-state index in [0.29, 0.717) is 5.56 Å². The summed E-state index contributed by atoms with van der Waals surface area (Å²) in [6.45, 7) is 3.12. The zero-order valence-corrected chi connectivity index (χ0v) is 12.3. The average Bonchev–Trinajstić information content (AvgIpc) is 2.62. The van der Waals surface area contributed by atoms with E-state index in [2.05, 4.69) is 5.10 Å². The van der Waals surface area contributed by atoms with Gasteiger partial charge >= 0.3 is 0 Å². The first-order chi connectivity index (χ1) is 9.69. The van der Waals surface area contributed by atoms with Gasteiger partial charge in [-0.2, -0.15) is 5.10 Å². The zero-order chi connectivity index (χ0) is 15.9. The molecule has 0 aliphatic carbocycles. The second-order valence-corrected chi connectivity index (χ2v) is 5.35. The van der Waals surface area contributed by atoms with Crippen molar-refractivity contribution >= 4 is 34.7 Å². The normalized spacial score (nSPS) is 21.4. The van der Waals surface area contributed by atoms with Crippen LogP contribution in [-0.2, 0) is 4.79 Å². The number of carbonyl (C=O) groups excluding carboxylic acids is 2. The van der Waals surface area contributed by atoms with Crippen LogP contribution in [0.2, 0.25) is 0 Å². The lowest BCUT2D eigenvalue weighted by Crippen LogP contribution is -2.47. The molecule has 21 heavy (non-hydrogen) atoms. The lowest BCUT2D eigenvalue weighted by atomic mass is 9.91. The molecule has 0 saturated heterocycles. The minimum Gasteiger partial charge on any atom is -0.291 e. The summed E-state index contributed by atoms with van der Waals surface area (Å²) in [7, 11) is 1.37. The van der Waals surface area contributed by atoms with Gasteiger partial charge in [0.15, 0.2) is 0 Å². The molecule has 0 spiro atoms. The van der Waals surface area contributed by atoms with E-state index in [1.807, 2.05) is 0 Å². The van der Waals surface area contributed by atoms with Crippen molar-refractivity contribution in [2.75, 3.05) is 7.05 Å². The largest absolute Gasteiger partial charge is 0.291 e. The summed E-state index contributed by atoms with van der Waals surface area (Å²) < 4.78 is 0. The van der Waals surface area contributed by atoms with Crippen LogP contribution in [0.4, 0.5) is 5.69 Å². The van der Waals surface area contributed by atoms with Gasteiger partial charge in [-0.05, 0) is 25.5 Å². The molecule has 0 fully saturated rings. The maximum atomic E-state index is 12.6. The number of ketones is 1. The van der Waals surface area contributed by atoms with Crippen molar-refractivity contribution in [2.24, 2.45) is 5.10 Å². The Morgan fingerprint density at radius 2 is 2.05 bits per heavy atom. The molecule has 1 aliphatic heterocycles. The van der Waals surface area contributed by atoms with Gasteiger partial charge in [0, 0.05) is 13.1 Å². The van der Waals surface area contributed by atoms with Crippen LogP contribution in [0.3, 0.4) is 0 Å². The van der Waals surface area contributed by atoms with Gasteiger partial charge in [-0.25, -0.2) is 5.01 Å². The number of hydrazone groups is 1. The highest BCUT2D eigenvalue weighted by Crippen LogP contribution is 2.33. The molecule has 1 aromatic carbocycles. The monoisotopic (exact) mass is 309 g/mol. The number of halogens is 1. The number of nitro benzene ring substituents is 1. The van der Waals surface area contributed by atoms with Crippen molar-refractivity contribution in [3.8, 4) is 0 Å². The van der Waals surface area contributed by atoms with E-state index in [-0.39, 0.29) is 17.0 Å². The Morgan fingerprint density at radius 1 is 1.43 bits per heavy atom. The fourth-order valence-corrected chi connectivity index (χ4v) is 2.42. The number of rotatable bonds is 3. The number of alkyl halides is 1. The van der Waals surface area contributed by atoms with E-state index in [1.165, 1.54) is 32.2 Å². The minimum atomic E-state index is -2.02. The zero-order valence-electron chi connectivity index (χ0n) is 11.6. The highest BCUT2D eigenvalue weighted by molar-refractivity contribution is 6.61. The van der Waals surface area contributed by atoms with Crippen LogP contribution in [-0.4, -0.2) is 39.3 Å². The van der Waals surface area contributed by atoms with Gasteiger partial charge in [0.25, 0.3) is 11.6 Å². The van der Waals surface area contributed by atoms with E-state index in [1.54, 1.807) is 6.92 Å². The number of benzene rings is 1. The number of carbonyl (C=O) groups is 2. The van der Waals surface area contributed by atoms with E-state index in [0.717, 1.165) is 5.01 Å². The topological polar surface area (TPSA) is 92.9 Å². The third-order valence-corrected chi connectivity index (χ3v) is 3.90. The molecule has 0 bridgehead atoms. The van der Waals surface area contributed by atoms with Gasteiger partial charge in [-0.15, -0.1) is 0 Å². The third-order valence-electron chi connectivity index (χ3n) is 3.29. The fraction of sp³-hybridized carbons (Fsp3) is 0.308. The van der Waals surface area contributed by atoms with Crippen LogP contribution in [0.25, 0.3) is 0 Å². The Kier molecular flexibility index (Phi) is 3.54.